The first kappa shape index (κ1) is 13.6. The summed E-state index contributed by atoms with van der Waals surface area (Å²) in [4.78, 5) is 9.21. The molecule has 1 aliphatic heterocycles. The first-order valence-electron chi connectivity index (χ1n) is 6.95. The molecule has 4 heteroatoms. The molecule has 0 saturated carbocycles. The third kappa shape index (κ3) is 3.19. The number of rotatable bonds is 3. The monoisotopic (exact) mass is 331 g/mol. The van der Waals surface area contributed by atoms with E-state index >= 15 is 0 Å². The molecule has 0 aliphatic carbocycles. The summed E-state index contributed by atoms with van der Waals surface area (Å²) >= 11 is 3.53. The Hall–Kier alpha value is -1.39. The van der Waals surface area contributed by atoms with Crippen LogP contribution in [0.1, 0.15) is 5.56 Å². The molecule has 104 valence electrons. The fourth-order valence-electron chi connectivity index (χ4n) is 2.60. The molecule has 0 radical (unpaired) electrons. The number of anilines is 1. The first-order valence-corrected chi connectivity index (χ1v) is 7.74. The molecule has 1 aromatic heterocycles. The van der Waals surface area contributed by atoms with E-state index in [4.69, 9.17) is 0 Å². The van der Waals surface area contributed by atoms with Gasteiger partial charge in [0.1, 0.15) is 4.60 Å². The zero-order valence-corrected chi connectivity index (χ0v) is 13.0. The van der Waals surface area contributed by atoms with Crippen molar-refractivity contribution in [1.82, 2.24) is 9.88 Å². The van der Waals surface area contributed by atoms with E-state index in [2.05, 4.69) is 67.1 Å². The van der Waals surface area contributed by atoms with Crippen molar-refractivity contribution in [3.8, 4) is 0 Å². The molecule has 2 heterocycles. The van der Waals surface area contributed by atoms with Gasteiger partial charge in [-0.25, -0.2) is 4.98 Å². The fourth-order valence-corrected chi connectivity index (χ4v) is 3.10. The second kappa shape index (κ2) is 6.37. The van der Waals surface area contributed by atoms with Gasteiger partial charge in [0, 0.05) is 38.9 Å². The highest BCUT2D eigenvalue weighted by atomic mass is 79.9. The topological polar surface area (TPSA) is 19.4 Å². The minimum Gasteiger partial charge on any atom is -0.367 e. The highest BCUT2D eigenvalue weighted by Gasteiger charge is 2.18. The maximum atomic E-state index is 4.30. The van der Waals surface area contributed by atoms with Crippen LogP contribution in [0.4, 0.5) is 5.69 Å². The highest BCUT2D eigenvalue weighted by molar-refractivity contribution is 9.10. The molecule has 0 bridgehead atoms. The van der Waals surface area contributed by atoms with Crippen LogP contribution >= 0.6 is 15.9 Å². The maximum absolute atomic E-state index is 4.30. The van der Waals surface area contributed by atoms with Crippen molar-refractivity contribution in [2.45, 2.75) is 6.54 Å². The molecule has 0 atom stereocenters. The van der Waals surface area contributed by atoms with Crippen LogP contribution in [0, 0.1) is 0 Å². The van der Waals surface area contributed by atoms with Crippen LogP contribution in [0.2, 0.25) is 0 Å². The number of hydrogen-bond donors (Lipinski definition) is 0. The molecular weight excluding hydrogens is 314 g/mol. The van der Waals surface area contributed by atoms with Gasteiger partial charge in [-0.1, -0.05) is 30.3 Å². The first-order chi connectivity index (χ1) is 9.83. The number of nitrogens with zero attached hydrogens (tertiary/aromatic N) is 3. The van der Waals surface area contributed by atoms with Gasteiger partial charge in [0.15, 0.2) is 0 Å². The molecule has 0 spiro atoms. The van der Waals surface area contributed by atoms with Crippen LogP contribution in [-0.4, -0.2) is 36.1 Å². The number of piperazine rings is 1. The number of pyridine rings is 1. The number of benzene rings is 1. The second-order valence-corrected chi connectivity index (χ2v) is 5.81. The molecule has 1 fully saturated rings. The van der Waals surface area contributed by atoms with Crippen LogP contribution in [0.3, 0.4) is 0 Å². The van der Waals surface area contributed by atoms with Crippen molar-refractivity contribution in [1.29, 1.82) is 0 Å². The summed E-state index contributed by atoms with van der Waals surface area (Å²) in [5, 5.41) is 0. The predicted molar refractivity (Wildman–Crippen MR) is 85.9 cm³/mol. The molecule has 1 aliphatic rings. The van der Waals surface area contributed by atoms with Gasteiger partial charge in [0.2, 0.25) is 0 Å². The summed E-state index contributed by atoms with van der Waals surface area (Å²) in [7, 11) is 0. The Morgan fingerprint density at radius 3 is 2.40 bits per heavy atom. The van der Waals surface area contributed by atoms with Crippen LogP contribution < -0.4 is 4.90 Å². The van der Waals surface area contributed by atoms with Crippen molar-refractivity contribution in [3.63, 3.8) is 0 Å². The zero-order valence-electron chi connectivity index (χ0n) is 11.4. The van der Waals surface area contributed by atoms with E-state index in [0.717, 1.165) is 37.3 Å². The van der Waals surface area contributed by atoms with Gasteiger partial charge >= 0.3 is 0 Å². The fraction of sp³-hybridized carbons (Fsp3) is 0.312. The van der Waals surface area contributed by atoms with Crippen molar-refractivity contribution in [3.05, 3.63) is 58.8 Å². The Balaban J connectivity index is 1.59. The lowest BCUT2D eigenvalue weighted by Gasteiger charge is -2.36. The van der Waals surface area contributed by atoms with E-state index in [0.29, 0.717) is 0 Å². The Labute approximate surface area is 128 Å². The van der Waals surface area contributed by atoms with Gasteiger partial charge in [0.25, 0.3) is 0 Å². The summed E-state index contributed by atoms with van der Waals surface area (Å²) in [5.41, 5.74) is 2.59. The van der Waals surface area contributed by atoms with Crippen molar-refractivity contribution >= 4 is 21.6 Å². The lowest BCUT2D eigenvalue weighted by molar-refractivity contribution is 0.249. The van der Waals surface area contributed by atoms with Gasteiger partial charge in [0.05, 0.1) is 5.69 Å². The summed E-state index contributed by atoms with van der Waals surface area (Å²) < 4.78 is 0.941. The number of aromatic nitrogens is 1. The Morgan fingerprint density at radius 1 is 0.950 bits per heavy atom. The second-order valence-electron chi connectivity index (χ2n) is 5.06. The van der Waals surface area contributed by atoms with E-state index in [9.17, 15) is 0 Å². The molecule has 0 unspecified atom stereocenters. The Morgan fingerprint density at radius 2 is 1.70 bits per heavy atom. The molecule has 20 heavy (non-hydrogen) atoms. The Kier molecular flexibility index (Phi) is 4.33. The third-order valence-electron chi connectivity index (χ3n) is 3.70. The molecule has 2 aromatic rings. The van der Waals surface area contributed by atoms with Crippen LogP contribution in [0.5, 0.6) is 0 Å². The minimum absolute atomic E-state index is 0.941. The molecular formula is C16H18BrN3. The van der Waals surface area contributed by atoms with Gasteiger partial charge in [-0.15, -0.1) is 0 Å². The average Bonchev–Trinajstić information content (AvgIpc) is 2.50. The van der Waals surface area contributed by atoms with Gasteiger partial charge in [-0.3, -0.25) is 4.90 Å². The van der Waals surface area contributed by atoms with E-state index in [-0.39, 0.29) is 0 Å². The van der Waals surface area contributed by atoms with Crippen molar-refractivity contribution < 1.29 is 0 Å². The van der Waals surface area contributed by atoms with E-state index in [1.165, 1.54) is 11.3 Å². The predicted octanol–water partition coefficient (Wildman–Crippen LogP) is 3.17. The van der Waals surface area contributed by atoms with Crippen LogP contribution in [0.25, 0.3) is 0 Å². The van der Waals surface area contributed by atoms with Crippen LogP contribution in [0.15, 0.2) is 53.3 Å². The summed E-state index contributed by atoms with van der Waals surface area (Å²) in [6.45, 7) is 5.34. The normalized spacial score (nSPS) is 16.4. The summed E-state index contributed by atoms with van der Waals surface area (Å²) in [6, 6.07) is 14.8. The molecule has 0 N–H and O–H groups in total. The quantitative estimate of drug-likeness (QED) is 0.805. The molecule has 3 rings (SSSR count). The minimum atomic E-state index is 0.941. The smallest absolute Gasteiger partial charge is 0.129 e. The van der Waals surface area contributed by atoms with Gasteiger partial charge < -0.3 is 4.90 Å². The molecule has 1 aromatic carbocycles. The zero-order chi connectivity index (χ0) is 13.8. The summed E-state index contributed by atoms with van der Waals surface area (Å²) in [6.07, 6.45) is 1.82. The third-order valence-corrected chi connectivity index (χ3v) is 4.31. The molecule has 3 nitrogen and oxygen atoms in total. The van der Waals surface area contributed by atoms with Crippen molar-refractivity contribution in [2.24, 2.45) is 0 Å². The maximum Gasteiger partial charge on any atom is 0.129 e. The molecule has 1 saturated heterocycles. The average molecular weight is 332 g/mol. The van der Waals surface area contributed by atoms with E-state index in [1.54, 1.807) is 0 Å². The Bertz CT molecular complexity index is 551. The largest absolute Gasteiger partial charge is 0.367 e. The number of hydrogen-bond acceptors (Lipinski definition) is 3. The van der Waals surface area contributed by atoms with Gasteiger partial charge in [-0.2, -0.15) is 0 Å². The van der Waals surface area contributed by atoms with E-state index in [1.807, 2.05) is 12.3 Å². The lowest BCUT2D eigenvalue weighted by Crippen LogP contribution is -2.46. The van der Waals surface area contributed by atoms with Crippen molar-refractivity contribution in [2.75, 3.05) is 31.1 Å². The summed E-state index contributed by atoms with van der Waals surface area (Å²) in [5.74, 6) is 0. The van der Waals surface area contributed by atoms with E-state index < -0.39 is 0 Å². The standard InChI is InChI=1S/C16H18BrN3/c17-16-15(7-4-8-18-16)20-11-9-19(10-12-20)13-14-5-2-1-3-6-14/h1-8H,9-13H2. The lowest BCUT2D eigenvalue weighted by atomic mass is 10.2. The SMILES string of the molecule is Brc1ncccc1N1CCN(Cc2ccccc2)CC1. The van der Waals surface area contributed by atoms with Crippen LogP contribution in [-0.2, 0) is 6.54 Å². The van der Waals surface area contributed by atoms with Gasteiger partial charge in [-0.05, 0) is 33.6 Å². The highest BCUT2D eigenvalue weighted by Crippen LogP contribution is 2.24. The number of halogens is 1. The molecule has 0 amide bonds.